The Morgan fingerprint density at radius 1 is 1.53 bits per heavy atom. The van der Waals surface area contributed by atoms with Crippen LogP contribution in [0.15, 0.2) is 18.2 Å². The average Bonchev–Trinajstić information content (AvgIpc) is 2.25. The fourth-order valence-corrected chi connectivity index (χ4v) is 1.98. The van der Waals surface area contributed by atoms with Crippen LogP contribution in [-0.4, -0.2) is 34.1 Å². The van der Waals surface area contributed by atoms with Gasteiger partial charge < -0.3 is 10.5 Å². The molecule has 106 valence electrons. The highest BCUT2D eigenvalue weighted by Gasteiger charge is 2.17. The van der Waals surface area contributed by atoms with E-state index in [0.717, 1.165) is 5.56 Å². The zero-order chi connectivity index (χ0) is 14.6. The Morgan fingerprint density at radius 2 is 2.16 bits per heavy atom. The maximum atomic E-state index is 10.8. The van der Waals surface area contributed by atoms with E-state index in [-0.39, 0.29) is 11.4 Å². The van der Waals surface area contributed by atoms with E-state index in [1.165, 1.54) is 6.07 Å². The van der Waals surface area contributed by atoms with Crippen LogP contribution in [0.5, 0.6) is 0 Å². The third-order valence-corrected chi connectivity index (χ3v) is 2.52. The standard InChI is InChI=1S/C12H20N4O3/c1-12(2,17)8-15(3)7-9-4-5-11(16(18)19)10(6-9)14-13/h4-6,14,17H,7-8,13H2,1-3H3. The van der Waals surface area contributed by atoms with Crippen molar-refractivity contribution in [2.75, 3.05) is 19.0 Å². The molecule has 0 radical (unpaired) electrons. The monoisotopic (exact) mass is 268 g/mol. The summed E-state index contributed by atoms with van der Waals surface area (Å²) in [6.07, 6.45) is 0. The molecule has 0 aromatic heterocycles. The number of nitro benzene ring substituents is 1. The van der Waals surface area contributed by atoms with Gasteiger partial charge in [-0.25, -0.2) is 0 Å². The van der Waals surface area contributed by atoms with Gasteiger partial charge in [0, 0.05) is 19.2 Å². The third kappa shape index (κ3) is 4.82. The number of nitro groups is 1. The molecule has 19 heavy (non-hydrogen) atoms. The molecule has 0 aliphatic carbocycles. The number of anilines is 1. The maximum absolute atomic E-state index is 10.8. The topological polar surface area (TPSA) is 105 Å². The fourth-order valence-electron chi connectivity index (χ4n) is 1.98. The van der Waals surface area contributed by atoms with Crippen LogP contribution in [0, 0.1) is 10.1 Å². The molecule has 0 aliphatic rings. The highest BCUT2D eigenvalue weighted by atomic mass is 16.6. The van der Waals surface area contributed by atoms with E-state index >= 15 is 0 Å². The van der Waals surface area contributed by atoms with Gasteiger partial charge in [0.05, 0.1) is 10.5 Å². The van der Waals surface area contributed by atoms with Crippen molar-refractivity contribution < 1.29 is 10.0 Å². The molecule has 7 nitrogen and oxygen atoms in total. The summed E-state index contributed by atoms with van der Waals surface area (Å²) in [5, 5.41) is 20.5. The molecule has 0 fully saturated rings. The first-order chi connectivity index (χ1) is 8.73. The second kappa shape index (κ2) is 5.96. The summed E-state index contributed by atoms with van der Waals surface area (Å²) < 4.78 is 0. The maximum Gasteiger partial charge on any atom is 0.293 e. The molecular weight excluding hydrogens is 248 g/mol. The minimum atomic E-state index is -0.787. The van der Waals surface area contributed by atoms with E-state index in [0.29, 0.717) is 13.1 Å². The largest absolute Gasteiger partial charge is 0.389 e. The number of hydrazine groups is 1. The van der Waals surface area contributed by atoms with Gasteiger partial charge in [-0.2, -0.15) is 0 Å². The number of aliphatic hydroxyl groups is 1. The molecular formula is C12H20N4O3. The molecule has 0 bridgehead atoms. The molecule has 0 saturated heterocycles. The van der Waals surface area contributed by atoms with Crippen molar-refractivity contribution in [1.82, 2.24) is 4.90 Å². The average molecular weight is 268 g/mol. The lowest BCUT2D eigenvalue weighted by atomic mass is 10.1. The predicted octanol–water partition coefficient (Wildman–Crippen LogP) is 1.08. The molecule has 0 amide bonds. The predicted molar refractivity (Wildman–Crippen MR) is 73.5 cm³/mol. The Labute approximate surface area is 112 Å². The molecule has 0 heterocycles. The Bertz CT molecular complexity index is 457. The zero-order valence-corrected chi connectivity index (χ0v) is 11.4. The van der Waals surface area contributed by atoms with Crippen molar-refractivity contribution >= 4 is 11.4 Å². The van der Waals surface area contributed by atoms with Crippen molar-refractivity contribution in [1.29, 1.82) is 0 Å². The number of hydrogen-bond acceptors (Lipinski definition) is 6. The summed E-state index contributed by atoms with van der Waals surface area (Å²) in [6, 6.07) is 4.74. The van der Waals surface area contributed by atoms with Gasteiger partial charge in [0.2, 0.25) is 0 Å². The lowest BCUT2D eigenvalue weighted by Crippen LogP contribution is -2.35. The van der Waals surface area contributed by atoms with Gasteiger partial charge in [0.1, 0.15) is 5.69 Å². The molecule has 0 aliphatic heterocycles. The van der Waals surface area contributed by atoms with Crippen LogP contribution in [0.4, 0.5) is 11.4 Å². The minimum Gasteiger partial charge on any atom is -0.389 e. The summed E-state index contributed by atoms with van der Waals surface area (Å²) in [5.41, 5.74) is 2.64. The number of nitrogens with two attached hydrogens (primary N) is 1. The van der Waals surface area contributed by atoms with Gasteiger partial charge in [-0.1, -0.05) is 6.07 Å². The third-order valence-electron chi connectivity index (χ3n) is 2.52. The van der Waals surface area contributed by atoms with Crippen LogP contribution in [0.25, 0.3) is 0 Å². The second-order valence-corrected chi connectivity index (χ2v) is 5.24. The molecule has 0 spiro atoms. The minimum absolute atomic E-state index is 0.0589. The van der Waals surface area contributed by atoms with Crippen LogP contribution >= 0.6 is 0 Å². The SMILES string of the molecule is CN(Cc1ccc([N+](=O)[O-])c(NN)c1)CC(C)(C)O. The summed E-state index contributed by atoms with van der Waals surface area (Å²) in [7, 11) is 1.87. The van der Waals surface area contributed by atoms with Crippen LogP contribution in [-0.2, 0) is 6.54 Å². The van der Waals surface area contributed by atoms with Crippen molar-refractivity contribution in [2.24, 2.45) is 5.84 Å². The van der Waals surface area contributed by atoms with Crippen molar-refractivity contribution in [2.45, 2.75) is 26.0 Å². The van der Waals surface area contributed by atoms with E-state index in [1.807, 2.05) is 11.9 Å². The number of likely N-dealkylation sites (N-methyl/N-ethyl adjacent to an activating group) is 1. The fraction of sp³-hybridized carbons (Fsp3) is 0.500. The molecule has 1 aromatic carbocycles. The number of benzene rings is 1. The molecule has 0 saturated carbocycles. The molecule has 7 heteroatoms. The highest BCUT2D eigenvalue weighted by Crippen LogP contribution is 2.25. The van der Waals surface area contributed by atoms with Crippen molar-refractivity contribution in [3.05, 3.63) is 33.9 Å². The van der Waals surface area contributed by atoms with Crippen LogP contribution in [0.1, 0.15) is 19.4 Å². The smallest absolute Gasteiger partial charge is 0.293 e. The number of hydrogen-bond donors (Lipinski definition) is 3. The Balaban J connectivity index is 2.83. The molecule has 1 aromatic rings. The highest BCUT2D eigenvalue weighted by molar-refractivity contribution is 5.62. The van der Waals surface area contributed by atoms with E-state index in [2.05, 4.69) is 5.43 Å². The molecule has 0 unspecified atom stereocenters. The van der Waals surface area contributed by atoms with E-state index in [4.69, 9.17) is 5.84 Å². The summed E-state index contributed by atoms with van der Waals surface area (Å²) in [4.78, 5) is 12.2. The van der Waals surface area contributed by atoms with E-state index in [1.54, 1.807) is 26.0 Å². The van der Waals surface area contributed by atoms with Gasteiger partial charge in [0.15, 0.2) is 0 Å². The summed E-state index contributed by atoms with van der Waals surface area (Å²) in [6.45, 7) is 4.52. The first-order valence-electron chi connectivity index (χ1n) is 5.88. The molecule has 0 atom stereocenters. The lowest BCUT2D eigenvalue weighted by Gasteiger charge is -2.25. The summed E-state index contributed by atoms with van der Waals surface area (Å²) >= 11 is 0. The normalized spacial score (nSPS) is 11.7. The first kappa shape index (κ1) is 15.4. The van der Waals surface area contributed by atoms with Gasteiger partial charge in [-0.3, -0.25) is 20.9 Å². The Morgan fingerprint density at radius 3 is 2.63 bits per heavy atom. The van der Waals surface area contributed by atoms with Crippen LogP contribution < -0.4 is 11.3 Å². The zero-order valence-electron chi connectivity index (χ0n) is 11.4. The summed E-state index contributed by atoms with van der Waals surface area (Å²) in [5.74, 6) is 5.28. The first-order valence-corrected chi connectivity index (χ1v) is 5.88. The number of rotatable bonds is 6. The van der Waals surface area contributed by atoms with Gasteiger partial charge in [0.25, 0.3) is 5.69 Å². The van der Waals surface area contributed by atoms with E-state index < -0.39 is 10.5 Å². The van der Waals surface area contributed by atoms with Gasteiger partial charge in [-0.15, -0.1) is 0 Å². The quantitative estimate of drug-likeness (QED) is 0.405. The van der Waals surface area contributed by atoms with Crippen molar-refractivity contribution in [3.8, 4) is 0 Å². The molecule has 1 rings (SSSR count). The van der Waals surface area contributed by atoms with Crippen LogP contribution in [0.2, 0.25) is 0 Å². The lowest BCUT2D eigenvalue weighted by molar-refractivity contribution is -0.384. The Kier molecular flexibility index (Phi) is 4.82. The number of nitrogens with zero attached hydrogens (tertiary/aromatic N) is 2. The molecule has 4 N–H and O–H groups in total. The van der Waals surface area contributed by atoms with Crippen molar-refractivity contribution in [3.63, 3.8) is 0 Å². The van der Waals surface area contributed by atoms with Crippen LogP contribution in [0.3, 0.4) is 0 Å². The number of nitrogens with one attached hydrogen (secondary N) is 1. The van der Waals surface area contributed by atoms with Gasteiger partial charge in [-0.05, 0) is 32.5 Å². The second-order valence-electron chi connectivity index (χ2n) is 5.24. The van der Waals surface area contributed by atoms with E-state index in [9.17, 15) is 15.2 Å². The number of nitrogen functional groups attached to an aromatic ring is 1. The Hall–Kier alpha value is -1.70. The van der Waals surface area contributed by atoms with Gasteiger partial charge >= 0.3 is 0 Å².